The van der Waals surface area contributed by atoms with Crippen molar-refractivity contribution in [2.45, 2.75) is 0 Å². The summed E-state index contributed by atoms with van der Waals surface area (Å²) in [6.45, 7) is 0. The van der Waals surface area contributed by atoms with E-state index in [0.29, 0.717) is 27.6 Å². The summed E-state index contributed by atoms with van der Waals surface area (Å²) in [5, 5.41) is 0.350. The van der Waals surface area contributed by atoms with Crippen LogP contribution in [-0.4, -0.2) is 15.8 Å². The van der Waals surface area contributed by atoms with Crippen LogP contribution in [-0.2, 0) is 0 Å². The van der Waals surface area contributed by atoms with E-state index < -0.39 is 0 Å². The van der Waals surface area contributed by atoms with Crippen LogP contribution in [0.1, 0.15) is 15.9 Å². The Morgan fingerprint density at radius 2 is 2.10 bits per heavy atom. The molecule has 0 bridgehead atoms. The highest BCUT2D eigenvalue weighted by molar-refractivity contribution is 6.35. The maximum Gasteiger partial charge on any atom is 0.196 e. The van der Waals surface area contributed by atoms with Gasteiger partial charge in [-0.15, -0.1) is 0 Å². The molecule has 0 aliphatic carbocycles. The van der Waals surface area contributed by atoms with E-state index in [-0.39, 0.29) is 5.78 Å². The van der Waals surface area contributed by atoms with Crippen molar-refractivity contribution in [1.82, 2.24) is 9.97 Å². The molecule has 0 radical (unpaired) electrons. The topological polar surface area (TPSA) is 55.0 Å². The van der Waals surface area contributed by atoms with Gasteiger partial charge in [0.25, 0.3) is 0 Å². The van der Waals surface area contributed by atoms with E-state index in [1.54, 1.807) is 61.2 Å². The number of hydrogen-bond donors (Lipinski definition) is 1. The van der Waals surface area contributed by atoms with Gasteiger partial charge in [0, 0.05) is 35.8 Å². The Hall–Kier alpha value is -2.59. The van der Waals surface area contributed by atoms with Crippen molar-refractivity contribution in [3.8, 4) is 11.5 Å². The molecule has 104 valence electrons. The first-order chi connectivity index (χ1) is 10.2. The number of aromatic amines is 1. The van der Waals surface area contributed by atoms with Crippen molar-refractivity contribution in [2.24, 2.45) is 0 Å². The molecule has 0 saturated heterocycles. The molecule has 4 nitrogen and oxygen atoms in total. The van der Waals surface area contributed by atoms with Gasteiger partial charge in [-0.1, -0.05) is 11.6 Å². The highest BCUT2D eigenvalue weighted by Crippen LogP contribution is 2.27. The maximum absolute atomic E-state index is 12.2. The zero-order valence-electron chi connectivity index (χ0n) is 10.9. The lowest BCUT2D eigenvalue weighted by Gasteiger charge is -2.07. The summed E-state index contributed by atoms with van der Waals surface area (Å²) in [5.74, 6) is 1.03. The minimum Gasteiger partial charge on any atom is -0.456 e. The summed E-state index contributed by atoms with van der Waals surface area (Å²) in [6, 6.07) is 10.3. The van der Waals surface area contributed by atoms with E-state index >= 15 is 0 Å². The van der Waals surface area contributed by atoms with Crippen LogP contribution >= 0.6 is 11.6 Å². The molecule has 0 spiro atoms. The Bertz CT molecular complexity index is 755. The molecule has 2 aromatic heterocycles. The fourth-order valence-electron chi connectivity index (χ4n) is 1.91. The number of nitrogens with one attached hydrogen (secondary N) is 1. The van der Waals surface area contributed by atoms with Crippen LogP contribution in [0.3, 0.4) is 0 Å². The second kappa shape index (κ2) is 5.81. The molecule has 1 aromatic carbocycles. The zero-order chi connectivity index (χ0) is 14.7. The van der Waals surface area contributed by atoms with Crippen molar-refractivity contribution in [3.05, 3.63) is 77.3 Å². The predicted molar refractivity (Wildman–Crippen MR) is 80.0 cm³/mol. The second-order valence-corrected chi connectivity index (χ2v) is 4.77. The summed E-state index contributed by atoms with van der Waals surface area (Å²) in [5.41, 5.74) is 1.01. The van der Waals surface area contributed by atoms with E-state index in [4.69, 9.17) is 16.3 Å². The number of halogens is 1. The minimum atomic E-state index is -0.130. The number of carbonyl (C=O) groups is 1. The van der Waals surface area contributed by atoms with Crippen molar-refractivity contribution >= 4 is 17.4 Å². The number of hydrogen-bond acceptors (Lipinski definition) is 3. The predicted octanol–water partition coefficient (Wildman–Crippen LogP) is 4.09. The number of rotatable bonds is 4. The zero-order valence-corrected chi connectivity index (χ0v) is 11.7. The quantitative estimate of drug-likeness (QED) is 0.738. The normalized spacial score (nSPS) is 10.3. The Balaban J connectivity index is 1.85. The number of nitrogens with zero attached hydrogens (tertiary/aromatic N) is 1. The minimum absolute atomic E-state index is 0.130. The summed E-state index contributed by atoms with van der Waals surface area (Å²) < 4.78 is 5.62. The number of aromatic nitrogens is 2. The number of H-pyrrole nitrogens is 1. The molecule has 0 fully saturated rings. The summed E-state index contributed by atoms with van der Waals surface area (Å²) in [7, 11) is 0. The summed E-state index contributed by atoms with van der Waals surface area (Å²) >= 11 is 6.18. The van der Waals surface area contributed by atoms with Gasteiger partial charge in [0.2, 0.25) is 0 Å². The SMILES string of the molecule is O=C(c1cc[nH]c1)c1ccc(Oc2cccnc2)cc1Cl. The van der Waals surface area contributed by atoms with Gasteiger partial charge in [0.05, 0.1) is 11.2 Å². The third kappa shape index (κ3) is 2.95. The molecule has 1 N–H and O–H groups in total. The van der Waals surface area contributed by atoms with Crippen LogP contribution < -0.4 is 4.74 Å². The van der Waals surface area contributed by atoms with Gasteiger partial charge < -0.3 is 9.72 Å². The van der Waals surface area contributed by atoms with Gasteiger partial charge in [0.15, 0.2) is 5.78 Å². The van der Waals surface area contributed by atoms with E-state index in [1.807, 2.05) is 0 Å². The molecular formula is C16H11ClN2O2. The smallest absolute Gasteiger partial charge is 0.196 e. The van der Waals surface area contributed by atoms with Crippen LogP contribution in [0, 0.1) is 0 Å². The van der Waals surface area contributed by atoms with Crippen molar-refractivity contribution in [3.63, 3.8) is 0 Å². The molecule has 5 heteroatoms. The van der Waals surface area contributed by atoms with Gasteiger partial charge in [-0.2, -0.15) is 0 Å². The Labute approximate surface area is 126 Å². The third-order valence-electron chi connectivity index (χ3n) is 2.92. The van der Waals surface area contributed by atoms with Crippen LogP contribution in [0.15, 0.2) is 61.2 Å². The van der Waals surface area contributed by atoms with Crippen molar-refractivity contribution in [1.29, 1.82) is 0 Å². The van der Waals surface area contributed by atoms with Gasteiger partial charge in [-0.05, 0) is 30.3 Å². The van der Waals surface area contributed by atoms with Gasteiger partial charge in [0.1, 0.15) is 11.5 Å². The van der Waals surface area contributed by atoms with Gasteiger partial charge in [-0.3, -0.25) is 9.78 Å². The second-order valence-electron chi connectivity index (χ2n) is 4.36. The van der Waals surface area contributed by atoms with Crippen LogP contribution in [0.5, 0.6) is 11.5 Å². The summed E-state index contributed by atoms with van der Waals surface area (Å²) in [6.07, 6.45) is 6.60. The average molecular weight is 299 g/mol. The average Bonchev–Trinajstić information content (AvgIpc) is 3.02. The standard InChI is InChI=1S/C16H11ClN2O2/c17-15-8-12(21-13-2-1-6-18-10-13)3-4-14(15)16(20)11-5-7-19-9-11/h1-10,19H. The highest BCUT2D eigenvalue weighted by Gasteiger charge is 2.14. The van der Waals surface area contributed by atoms with Gasteiger partial charge >= 0.3 is 0 Å². The molecule has 2 heterocycles. The lowest BCUT2D eigenvalue weighted by Crippen LogP contribution is -2.00. The van der Waals surface area contributed by atoms with E-state index in [1.165, 1.54) is 0 Å². The number of benzene rings is 1. The Kier molecular flexibility index (Phi) is 3.71. The van der Waals surface area contributed by atoms with E-state index in [0.717, 1.165) is 0 Å². The van der Waals surface area contributed by atoms with E-state index in [2.05, 4.69) is 9.97 Å². The molecule has 3 rings (SSSR count). The molecule has 0 aliphatic heterocycles. The molecule has 0 atom stereocenters. The summed E-state index contributed by atoms with van der Waals surface area (Å²) in [4.78, 5) is 19.1. The monoisotopic (exact) mass is 298 g/mol. The first-order valence-electron chi connectivity index (χ1n) is 6.29. The first-order valence-corrected chi connectivity index (χ1v) is 6.67. The Morgan fingerprint density at radius 3 is 2.76 bits per heavy atom. The third-order valence-corrected chi connectivity index (χ3v) is 3.23. The lowest BCUT2D eigenvalue weighted by molar-refractivity contribution is 0.103. The molecular weight excluding hydrogens is 288 g/mol. The number of pyridine rings is 1. The van der Waals surface area contributed by atoms with E-state index in [9.17, 15) is 4.79 Å². The largest absolute Gasteiger partial charge is 0.456 e. The Morgan fingerprint density at radius 1 is 1.19 bits per heavy atom. The van der Waals surface area contributed by atoms with Crippen molar-refractivity contribution < 1.29 is 9.53 Å². The maximum atomic E-state index is 12.2. The first kappa shape index (κ1) is 13.4. The molecule has 3 aromatic rings. The number of carbonyl (C=O) groups excluding carboxylic acids is 1. The highest BCUT2D eigenvalue weighted by atomic mass is 35.5. The molecule has 0 unspecified atom stereocenters. The fraction of sp³-hybridized carbons (Fsp3) is 0. The molecule has 21 heavy (non-hydrogen) atoms. The van der Waals surface area contributed by atoms with Crippen molar-refractivity contribution in [2.75, 3.05) is 0 Å². The fourth-order valence-corrected chi connectivity index (χ4v) is 2.16. The number of ketones is 1. The molecule has 0 saturated carbocycles. The van der Waals surface area contributed by atoms with Crippen LogP contribution in [0.25, 0.3) is 0 Å². The molecule has 0 amide bonds. The van der Waals surface area contributed by atoms with Crippen LogP contribution in [0.4, 0.5) is 0 Å². The number of ether oxygens (including phenoxy) is 1. The van der Waals surface area contributed by atoms with Crippen LogP contribution in [0.2, 0.25) is 5.02 Å². The molecule has 0 aliphatic rings. The lowest BCUT2D eigenvalue weighted by atomic mass is 10.1. The van der Waals surface area contributed by atoms with Gasteiger partial charge in [-0.25, -0.2) is 0 Å².